The van der Waals surface area contributed by atoms with E-state index in [9.17, 15) is 10.2 Å². The highest BCUT2D eigenvalue weighted by molar-refractivity contribution is 6.17. The summed E-state index contributed by atoms with van der Waals surface area (Å²) in [5.41, 5.74) is 11.8. The molecule has 0 unspecified atom stereocenters. The first-order valence-electron chi connectivity index (χ1n) is 13.0. The predicted octanol–water partition coefficient (Wildman–Crippen LogP) is 5.79. The Morgan fingerprint density at radius 2 is 1.18 bits per heavy atom. The van der Waals surface area contributed by atoms with Gasteiger partial charge in [-0.1, -0.05) is 96.1 Å². The van der Waals surface area contributed by atoms with Gasteiger partial charge in [-0.2, -0.15) is 0 Å². The number of aliphatic hydroxyl groups is 2. The molecule has 0 radical (unpaired) electrons. The van der Waals surface area contributed by atoms with E-state index >= 15 is 0 Å². The first kappa shape index (κ1) is 30.6. The molecular formula is C30H36ClN3O5. The molecule has 0 bridgehead atoms. The summed E-state index contributed by atoms with van der Waals surface area (Å²) in [5.74, 6) is 0.354. The van der Waals surface area contributed by atoms with Gasteiger partial charge in [0.05, 0.1) is 38.6 Å². The standard InChI is InChI=1S/C30H36ClN3O5/c31-18-10-17-26(35)28(36)30(39-22-25-15-8-3-9-16-25)29(38-21-24-13-6-2-7-14-24)27(19-33-34-32)37-20-23-11-4-1-5-12-23/h1-9,11-16,26-30,35-36H,10,17-22H2/t26-,27-,28-,29-,30-/m1/s1. The SMILES string of the molecule is [N-]=[N+]=NC[C@@H](OCc1ccccc1)[C@@H](OCc1ccccc1)[C@H](OCc1ccccc1)[C@H](O)[C@H](O)CCCCl. The van der Waals surface area contributed by atoms with Crippen LogP contribution in [0.4, 0.5) is 0 Å². The molecule has 3 rings (SSSR count). The van der Waals surface area contributed by atoms with Crippen molar-refractivity contribution in [2.24, 2.45) is 5.11 Å². The molecule has 0 amide bonds. The van der Waals surface area contributed by atoms with Gasteiger partial charge in [0, 0.05) is 10.8 Å². The maximum Gasteiger partial charge on any atom is 0.115 e. The lowest BCUT2D eigenvalue weighted by Gasteiger charge is -2.37. The van der Waals surface area contributed by atoms with Crippen molar-refractivity contribution in [1.29, 1.82) is 0 Å². The van der Waals surface area contributed by atoms with Crippen molar-refractivity contribution >= 4 is 11.6 Å². The van der Waals surface area contributed by atoms with Crippen molar-refractivity contribution in [3.05, 3.63) is 118 Å². The molecule has 0 fully saturated rings. The third-order valence-corrected chi connectivity index (χ3v) is 6.52. The van der Waals surface area contributed by atoms with E-state index in [2.05, 4.69) is 10.0 Å². The number of benzene rings is 3. The Morgan fingerprint density at radius 3 is 1.64 bits per heavy atom. The van der Waals surface area contributed by atoms with Gasteiger partial charge >= 0.3 is 0 Å². The molecule has 0 aromatic heterocycles. The molecule has 39 heavy (non-hydrogen) atoms. The van der Waals surface area contributed by atoms with Crippen molar-refractivity contribution in [2.45, 2.75) is 63.2 Å². The summed E-state index contributed by atoms with van der Waals surface area (Å²) in [6, 6.07) is 28.7. The Labute approximate surface area is 234 Å². The fourth-order valence-corrected chi connectivity index (χ4v) is 4.31. The maximum atomic E-state index is 11.4. The summed E-state index contributed by atoms with van der Waals surface area (Å²) in [6.45, 7) is 0.540. The van der Waals surface area contributed by atoms with E-state index in [0.29, 0.717) is 12.3 Å². The number of ether oxygens (including phenoxy) is 3. The van der Waals surface area contributed by atoms with Gasteiger partial charge in [-0.25, -0.2) is 0 Å². The summed E-state index contributed by atoms with van der Waals surface area (Å²) in [4.78, 5) is 2.93. The van der Waals surface area contributed by atoms with Crippen LogP contribution >= 0.6 is 11.6 Å². The highest BCUT2D eigenvalue weighted by Gasteiger charge is 2.39. The molecule has 5 atom stereocenters. The lowest BCUT2D eigenvalue weighted by atomic mass is 9.96. The van der Waals surface area contributed by atoms with E-state index < -0.39 is 30.5 Å². The second-order valence-corrected chi connectivity index (χ2v) is 9.54. The van der Waals surface area contributed by atoms with Crippen molar-refractivity contribution < 1.29 is 24.4 Å². The van der Waals surface area contributed by atoms with Crippen molar-refractivity contribution in [2.75, 3.05) is 12.4 Å². The van der Waals surface area contributed by atoms with Crippen molar-refractivity contribution in [3.63, 3.8) is 0 Å². The zero-order valence-electron chi connectivity index (χ0n) is 21.8. The van der Waals surface area contributed by atoms with Gasteiger partial charge in [-0.3, -0.25) is 0 Å². The molecule has 0 spiro atoms. The zero-order chi connectivity index (χ0) is 27.7. The lowest BCUT2D eigenvalue weighted by Crippen LogP contribution is -2.53. The quantitative estimate of drug-likeness (QED) is 0.0894. The van der Waals surface area contributed by atoms with Gasteiger partial charge in [-0.15, -0.1) is 11.6 Å². The van der Waals surface area contributed by atoms with Crippen LogP contribution in [0.1, 0.15) is 29.5 Å². The molecule has 0 aliphatic rings. The average Bonchev–Trinajstić information content (AvgIpc) is 2.99. The molecule has 8 nitrogen and oxygen atoms in total. The van der Waals surface area contributed by atoms with Crippen LogP contribution in [0, 0.1) is 0 Å². The largest absolute Gasteiger partial charge is 0.390 e. The molecule has 3 aromatic carbocycles. The molecule has 2 N–H and O–H groups in total. The minimum absolute atomic E-state index is 0.0571. The molecule has 0 heterocycles. The first-order chi connectivity index (χ1) is 19.1. The summed E-state index contributed by atoms with van der Waals surface area (Å²) < 4.78 is 18.9. The monoisotopic (exact) mass is 553 g/mol. The minimum atomic E-state index is -1.31. The highest BCUT2D eigenvalue weighted by atomic mass is 35.5. The second kappa shape index (κ2) is 17.6. The molecule has 208 valence electrons. The van der Waals surface area contributed by atoms with Gasteiger partial charge in [-0.05, 0) is 35.1 Å². The molecule has 0 aliphatic heterocycles. The molecule has 0 saturated heterocycles. The van der Waals surface area contributed by atoms with E-state index in [-0.39, 0.29) is 32.8 Å². The predicted molar refractivity (Wildman–Crippen MR) is 151 cm³/mol. The summed E-state index contributed by atoms with van der Waals surface area (Å²) in [7, 11) is 0. The van der Waals surface area contributed by atoms with Crippen LogP contribution < -0.4 is 0 Å². The third-order valence-electron chi connectivity index (χ3n) is 6.26. The smallest absolute Gasteiger partial charge is 0.115 e. The van der Waals surface area contributed by atoms with Crippen LogP contribution in [-0.2, 0) is 34.0 Å². The van der Waals surface area contributed by atoms with E-state index in [4.69, 9.17) is 31.3 Å². The van der Waals surface area contributed by atoms with Crippen LogP contribution in [0.2, 0.25) is 0 Å². The van der Waals surface area contributed by atoms with Crippen LogP contribution in [0.25, 0.3) is 10.4 Å². The van der Waals surface area contributed by atoms with E-state index in [1.807, 2.05) is 91.0 Å². The van der Waals surface area contributed by atoms with Gasteiger partial charge in [0.15, 0.2) is 0 Å². The number of hydrogen-bond donors (Lipinski definition) is 2. The molecule has 0 saturated carbocycles. The highest BCUT2D eigenvalue weighted by Crippen LogP contribution is 2.24. The summed E-state index contributed by atoms with van der Waals surface area (Å²) in [6.07, 6.45) is -4.29. The van der Waals surface area contributed by atoms with E-state index in [1.54, 1.807) is 0 Å². The molecule has 9 heteroatoms. The topological polar surface area (TPSA) is 117 Å². The van der Waals surface area contributed by atoms with Crippen LogP contribution in [0.5, 0.6) is 0 Å². The Kier molecular flexibility index (Phi) is 13.8. The number of nitrogens with zero attached hydrogens (tertiary/aromatic N) is 3. The van der Waals surface area contributed by atoms with Crippen molar-refractivity contribution in [1.82, 2.24) is 0 Å². The number of alkyl halides is 1. The Hall–Kier alpha value is -2.94. The normalized spacial score (nSPS) is 15.1. The molecule has 3 aromatic rings. The van der Waals surface area contributed by atoms with E-state index in [0.717, 1.165) is 16.7 Å². The number of halogens is 1. The fourth-order valence-electron chi connectivity index (χ4n) is 4.16. The maximum absolute atomic E-state index is 11.4. The lowest BCUT2D eigenvalue weighted by molar-refractivity contribution is -0.192. The van der Waals surface area contributed by atoms with Crippen LogP contribution in [-0.4, -0.2) is 53.2 Å². The number of rotatable bonds is 18. The second-order valence-electron chi connectivity index (χ2n) is 9.16. The Morgan fingerprint density at radius 1 is 0.718 bits per heavy atom. The van der Waals surface area contributed by atoms with E-state index in [1.165, 1.54) is 0 Å². The summed E-state index contributed by atoms with van der Waals surface area (Å²) >= 11 is 5.84. The first-order valence-corrected chi connectivity index (χ1v) is 13.6. The molecular weight excluding hydrogens is 518 g/mol. The Balaban J connectivity index is 1.92. The minimum Gasteiger partial charge on any atom is -0.390 e. The average molecular weight is 554 g/mol. The third kappa shape index (κ3) is 10.6. The van der Waals surface area contributed by atoms with Crippen LogP contribution in [0.15, 0.2) is 96.1 Å². The number of hydrogen-bond acceptors (Lipinski definition) is 6. The van der Waals surface area contributed by atoms with Gasteiger partial charge < -0.3 is 24.4 Å². The Bertz CT molecular complexity index is 1100. The van der Waals surface area contributed by atoms with Crippen molar-refractivity contribution in [3.8, 4) is 0 Å². The van der Waals surface area contributed by atoms with Gasteiger partial charge in [0.1, 0.15) is 18.3 Å². The fraction of sp³-hybridized carbons (Fsp3) is 0.400. The zero-order valence-corrected chi connectivity index (χ0v) is 22.6. The summed E-state index contributed by atoms with van der Waals surface area (Å²) in [5, 5.41) is 26.0. The number of azide groups is 1. The number of aliphatic hydroxyl groups excluding tert-OH is 2. The van der Waals surface area contributed by atoms with Crippen LogP contribution in [0.3, 0.4) is 0 Å². The van der Waals surface area contributed by atoms with Gasteiger partial charge in [0.2, 0.25) is 0 Å². The molecule has 0 aliphatic carbocycles. The van der Waals surface area contributed by atoms with Gasteiger partial charge in [0.25, 0.3) is 0 Å².